The van der Waals surface area contributed by atoms with Crippen molar-refractivity contribution in [3.05, 3.63) is 35.7 Å². The predicted molar refractivity (Wildman–Crippen MR) is 101 cm³/mol. The highest BCUT2D eigenvalue weighted by Crippen LogP contribution is 2.41. The standard InChI is InChI=1S/C20H23N3O4/c1-13-12-23(16-3-2-4-17(25)20(13)16)19(26)10-14-9-15(24)11-18(21-14)22-5-7-27-8-6-22/h2-4,11,13,25H,5-10,12H2,1H3/t13-/m0/s1. The number of ether oxygens (including phenoxy) is 1. The fourth-order valence-corrected chi connectivity index (χ4v) is 3.94. The van der Waals surface area contributed by atoms with Crippen LogP contribution >= 0.6 is 0 Å². The molecule has 0 unspecified atom stereocenters. The Labute approximate surface area is 157 Å². The molecule has 0 bridgehead atoms. The van der Waals surface area contributed by atoms with E-state index < -0.39 is 0 Å². The Morgan fingerprint density at radius 2 is 2.11 bits per heavy atom. The smallest absolute Gasteiger partial charge is 0.232 e. The molecule has 4 rings (SSSR count). The van der Waals surface area contributed by atoms with Crippen LogP contribution in [0.1, 0.15) is 31.2 Å². The maximum absolute atomic E-state index is 12.9. The summed E-state index contributed by atoms with van der Waals surface area (Å²) in [5.41, 5.74) is 2.15. The number of hydrogen-bond acceptors (Lipinski definition) is 6. The van der Waals surface area contributed by atoms with Crippen molar-refractivity contribution in [1.82, 2.24) is 4.90 Å². The molecular formula is C20H23N3O4. The van der Waals surface area contributed by atoms with Gasteiger partial charge in [0, 0.05) is 49.3 Å². The molecule has 3 aliphatic rings. The Balaban J connectivity index is 1.52. The number of rotatable bonds is 3. The number of carbonyl (C=O) groups excluding carboxylic acids is 2. The molecule has 1 amide bonds. The van der Waals surface area contributed by atoms with Gasteiger partial charge in [-0.1, -0.05) is 13.0 Å². The molecular weight excluding hydrogens is 346 g/mol. The molecule has 0 spiro atoms. The number of phenolic OH excluding ortho intramolecular Hbond substituents is 1. The first kappa shape index (κ1) is 17.7. The zero-order valence-electron chi connectivity index (χ0n) is 15.4. The fourth-order valence-electron chi connectivity index (χ4n) is 3.94. The normalized spacial score (nSPS) is 22.4. The Hall–Kier alpha value is -2.67. The topological polar surface area (TPSA) is 82.4 Å². The third-order valence-electron chi connectivity index (χ3n) is 5.23. The third-order valence-corrected chi connectivity index (χ3v) is 5.23. The number of aliphatic imine (C=N–C) groups is 1. The Morgan fingerprint density at radius 3 is 2.89 bits per heavy atom. The fraction of sp³-hybridized carbons (Fsp3) is 0.450. The van der Waals surface area contributed by atoms with Crippen molar-refractivity contribution in [3.8, 4) is 5.75 Å². The predicted octanol–water partition coefficient (Wildman–Crippen LogP) is 1.82. The largest absolute Gasteiger partial charge is 0.508 e. The van der Waals surface area contributed by atoms with Crippen LogP contribution < -0.4 is 4.90 Å². The molecule has 1 aromatic rings. The van der Waals surface area contributed by atoms with Crippen LogP contribution in [-0.4, -0.2) is 60.3 Å². The second kappa shape index (κ2) is 7.15. The molecule has 0 aliphatic carbocycles. The lowest BCUT2D eigenvalue weighted by molar-refractivity contribution is -0.117. The Bertz CT molecular complexity index is 840. The highest BCUT2D eigenvalue weighted by atomic mass is 16.5. The van der Waals surface area contributed by atoms with E-state index in [1.54, 1.807) is 23.1 Å². The van der Waals surface area contributed by atoms with Crippen molar-refractivity contribution in [2.45, 2.75) is 25.7 Å². The molecule has 1 saturated heterocycles. The number of phenols is 1. The molecule has 0 saturated carbocycles. The van der Waals surface area contributed by atoms with Gasteiger partial charge in [0.05, 0.1) is 25.3 Å². The van der Waals surface area contributed by atoms with Gasteiger partial charge in [0.15, 0.2) is 5.78 Å². The van der Waals surface area contributed by atoms with E-state index in [0.717, 1.165) is 11.3 Å². The molecule has 7 nitrogen and oxygen atoms in total. The van der Waals surface area contributed by atoms with Crippen molar-refractivity contribution in [2.24, 2.45) is 4.99 Å². The third kappa shape index (κ3) is 3.47. The average molecular weight is 369 g/mol. The number of benzene rings is 1. The molecule has 1 atom stereocenters. The highest BCUT2D eigenvalue weighted by Gasteiger charge is 2.33. The lowest BCUT2D eigenvalue weighted by atomic mass is 10.0. The SMILES string of the molecule is C[C@H]1CN(C(=O)CC2=NC(N3CCOCC3)=CC(=O)C2)c2cccc(O)c21. The Morgan fingerprint density at radius 1 is 1.33 bits per heavy atom. The molecule has 3 aliphatic heterocycles. The van der Waals surface area contributed by atoms with Gasteiger partial charge in [-0.25, -0.2) is 4.99 Å². The summed E-state index contributed by atoms with van der Waals surface area (Å²) in [5, 5.41) is 10.1. The van der Waals surface area contributed by atoms with E-state index in [0.29, 0.717) is 44.4 Å². The van der Waals surface area contributed by atoms with E-state index in [-0.39, 0.29) is 36.2 Å². The zero-order valence-corrected chi connectivity index (χ0v) is 15.4. The van der Waals surface area contributed by atoms with Crippen LogP contribution in [0.3, 0.4) is 0 Å². The minimum absolute atomic E-state index is 0.0258. The van der Waals surface area contributed by atoms with Gasteiger partial charge < -0.3 is 19.6 Å². The minimum atomic E-state index is -0.0963. The van der Waals surface area contributed by atoms with E-state index in [4.69, 9.17) is 4.74 Å². The van der Waals surface area contributed by atoms with E-state index in [1.165, 1.54) is 0 Å². The number of ketones is 1. The summed E-state index contributed by atoms with van der Waals surface area (Å²) in [5.74, 6) is 0.801. The minimum Gasteiger partial charge on any atom is -0.508 e. The number of nitrogens with zero attached hydrogens (tertiary/aromatic N) is 3. The monoisotopic (exact) mass is 369 g/mol. The molecule has 1 fully saturated rings. The highest BCUT2D eigenvalue weighted by molar-refractivity contribution is 6.16. The summed E-state index contributed by atoms with van der Waals surface area (Å²) < 4.78 is 5.35. The molecule has 7 heteroatoms. The molecule has 3 heterocycles. The number of hydrogen-bond donors (Lipinski definition) is 1. The van der Waals surface area contributed by atoms with Gasteiger partial charge in [0.1, 0.15) is 11.6 Å². The van der Waals surface area contributed by atoms with Gasteiger partial charge in [0.25, 0.3) is 0 Å². The summed E-state index contributed by atoms with van der Waals surface area (Å²) in [6, 6.07) is 5.24. The van der Waals surface area contributed by atoms with Crippen molar-refractivity contribution in [3.63, 3.8) is 0 Å². The number of anilines is 1. The maximum atomic E-state index is 12.9. The Kier molecular flexibility index (Phi) is 4.70. The first-order valence-corrected chi connectivity index (χ1v) is 9.29. The number of aromatic hydroxyl groups is 1. The summed E-state index contributed by atoms with van der Waals surface area (Å²) in [4.78, 5) is 33.4. The molecule has 0 radical (unpaired) electrons. The van der Waals surface area contributed by atoms with Crippen molar-refractivity contribution < 1.29 is 19.4 Å². The zero-order chi connectivity index (χ0) is 19.0. The van der Waals surface area contributed by atoms with Gasteiger partial charge in [-0.05, 0) is 12.1 Å². The number of amides is 1. The van der Waals surface area contributed by atoms with Crippen LogP contribution in [0.2, 0.25) is 0 Å². The van der Waals surface area contributed by atoms with Gasteiger partial charge in [-0.3, -0.25) is 9.59 Å². The van der Waals surface area contributed by atoms with Gasteiger partial charge >= 0.3 is 0 Å². The van der Waals surface area contributed by atoms with Gasteiger partial charge in [0.2, 0.25) is 5.91 Å². The summed E-state index contributed by atoms with van der Waals surface area (Å²) in [7, 11) is 0. The van der Waals surface area contributed by atoms with Crippen molar-refractivity contribution >= 4 is 23.1 Å². The number of allylic oxidation sites excluding steroid dienone is 1. The van der Waals surface area contributed by atoms with Crippen LogP contribution in [0.5, 0.6) is 5.75 Å². The molecule has 1 N–H and O–H groups in total. The average Bonchev–Trinajstić information content (AvgIpc) is 3.00. The van der Waals surface area contributed by atoms with Crippen molar-refractivity contribution in [2.75, 3.05) is 37.7 Å². The molecule has 0 aromatic heterocycles. The second-order valence-corrected chi connectivity index (χ2v) is 7.22. The lowest BCUT2D eigenvalue weighted by Gasteiger charge is -2.30. The lowest BCUT2D eigenvalue weighted by Crippen LogP contribution is -2.37. The van der Waals surface area contributed by atoms with Gasteiger partial charge in [-0.15, -0.1) is 0 Å². The summed E-state index contributed by atoms with van der Waals surface area (Å²) >= 11 is 0. The van der Waals surface area contributed by atoms with Crippen LogP contribution in [0.4, 0.5) is 5.69 Å². The quantitative estimate of drug-likeness (QED) is 0.879. The van der Waals surface area contributed by atoms with E-state index >= 15 is 0 Å². The van der Waals surface area contributed by atoms with Crippen LogP contribution in [0.15, 0.2) is 35.1 Å². The number of fused-ring (bicyclic) bond motifs is 1. The summed E-state index contributed by atoms with van der Waals surface area (Å²) in [6.07, 6.45) is 1.84. The molecule has 27 heavy (non-hydrogen) atoms. The van der Waals surface area contributed by atoms with Crippen LogP contribution in [0.25, 0.3) is 0 Å². The molecule has 142 valence electrons. The van der Waals surface area contributed by atoms with E-state index in [2.05, 4.69) is 4.99 Å². The van der Waals surface area contributed by atoms with Crippen LogP contribution in [-0.2, 0) is 14.3 Å². The molecule has 1 aromatic carbocycles. The second-order valence-electron chi connectivity index (χ2n) is 7.22. The maximum Gasteiger partial charge on any atom is 0.232 e. The first-order chi connectivity index (χ1) is 13.0. The van der Waals surface area contributed by atoms with Crippen molar-refractivity contribution in [1.29, 1.82) is 0 Å². The van der Waals surface area contributed by atoms with E-state index in [1.807, 2.05) is 17.9 Å². The summed E-state index contributed by atoms with van der Waals surface area (Å²) in [6.45, 7) is 5.13. The van der Waals surface area contributed by atoms with Gasteiger partial charge in [-0.2, -0.15) is 0 Å². The number of carbonyl (C=O) groups is 2. The number of morpholine rings is 1. The van der Waals surface area contributed by atoms with E-state index in [9.17, 15) is 14.7 Å². The van der Waals surface area contributed by atoms with Crippen LogP contribution in [0, 0.1) is 0 Å². The first-order valence-electron chi connectivity index (χ1n) is 9.29.